The molecule has 0 bridgehead atoms. The molecule has 1 fully saturated rings. The Hall–Kier alpha value is -2.97. The first-order valence-electron chi connectivity index (χ1n) is 9.26. The summed E-state index contributed by atoms with van der Waals surface area (Å²) >= 11 is 11.8. The van der Waals surface area contributed by atoms with Crippen LogP contribution in [0.25, 0.3) is 0 Å². The minimum absolute atomic E-state index is 0.152. The molecular formula is C20H20Cl2N4O4. The smallest absolute Gasteiger partial charge is 0.321 e. The van der Waals surface area contributed by atoms with Crippen LogP contribution in [0.5, 0.6) is 5.75 Å². The number of nitrogens with zero attached hydrogens (tertiary/aromatic N) is 1. The summed E-state index contributed by atoms with van der Waals surface area (Å²) in [4.78, 5) is 37.5. The van der Waals surface area contributed by atoms with Crippen molar-refractivity contribution in [3.05, 3.63) is 58.1 Å². The predicted molar refractivity (Wildman–Crippen MR) is 114 cm³/mol. The Bertz CT molecular complexity index is 954. The SMILES string of the molecule is O=C(CCCOc1ccc(Cl)cc1Cl)NNC(=O)c1cccc(N2CCNC2=O)c1. The Labute approximate surface area is 183 Å². The van der Waals surface area contributed by atoms with Gasteiger partial charge in [-0.3, -0.25) is 25.3 Å². The molecule has 1 saturated heterocycles. The van der Waals surface area contributed by atoms with Crippen molar-refractivity contribution >= 4 is 46.7 Å². The third-order valence-corrected chi connectivity index (χ3v) is 4.82. The molecule has 158 valence electrons. The lowest BCUT2D eigenvalue weighted by molar-refractivity contribution is -0.122. The maximum absolute atomic E-state index is 12.3. The number of halogens is 2. The molecule has 4 amide bonds. The zero-order chi connectivity index (χ0) is 21.5. The lowest BCUT2D eigenvalue weighted by Crippen LogP contribution is -2.41. The topological polar surface area (TPSA) is 99.8 Å². The zero-order valence-electron chi connectivity index (χ0n) is 15.9. The van der Waals surface area contributed by atoms with Gasteiger partial charge in [-0.15, -0.1) is 0 Å². The van der Waals surface area contributed by atoms with E-state index in [9.17, 15) is 14.4 Å². The van der Waals surface area contributed by atoms with E-state index in [1.165, 1.54) is 0 Å². The van der Waals surface area contributed by atoms with E-state index in [-0.39, 0.29) is 25.0 Å². The van der Waals surface area contributed by atoms with Crippen LogP contribution in [-0.2, 0) is 4.79 Å². The Morgan fingerprint density at radius 2 is 1.97 bits per heavy atom. The predicted octanol–water partition coefficient (Wildman–Crippen LogP) is 3.14. The first kappa shape index (κ1) is 21.7. The van der Waals surface area contributed by atoms with E-state index in [1.807, 2.05) is 0 Å². The van der Waals surface area contributed by atoms with Gasteiger partial charge in [0.15, 0.2) is 0 Å². The lowest BCUT2D eigenvalue weighted by Gasteiger charge is -2.15. The van der Waals surface area contributed by atoms with Gasteiger partial charge in [0.2, 0.25) is 5.91 Å². The second-order valence-corrected chi connectivity index (χ2v) is 7.31. The summed E-state index contributed by atoms with van der Waals surface area (Å²) in [5.74, 6) is -0.348. The molecule has 0 aromatic heterocycles. The van der Waals surface area contributed by atoms with Crippen molar-refractivity contribution in [2.24, 2.45) is 0 Å². The van der Waals surface area contributed by atoms with Gasteiger partial charge in [0, 0.05) is 35.8 Å². The van der Waals surface area contributed by atoms with Crippen LogP contribution < -0.4 is 25.8 Å². The molecule has 0 atom stereocenters. The molecule has 8 nitrogen and oxygen atoms in total. The third kappa shape index (κ3) is 5.77. The number of ether oxygens (including phenoxy) is 1. The second-order valence-electron chi connectivity index (χ2n) is 6.46. The number of carbonyl (C=O) groups excluding carboxylic acids is 3. The quantitative estimate of drug-likeness (QED) is 0.445. The fraction of sp³-hybridized carbons (Fsp3) is 0.250. The third-order valence-electron chi connectivity index (χ3n) is 4.29. The van der Waals surface area contributed by atoms with E-state index in [0.717, 1.165) is 0 Å². The fourth-order valence-corrected chi connectivity index (χ4v) is 3.26. The molecule has 2 aromatic carbocycles. The highest BCUT2D eigenvalue weighted by molar-refractivity contribution is 6.35. The zero-order valence-corrected chi connectivity index (χ0v) is 17.4. The maximum Gasteiger partial charge on any atom is 0.321 e. The highest BCUT2D eigenvalue weighted by atomic mass is 35.5. The molecular weight excluding hydrogens is 431 g/mol. The molecule has 3 rings (SSSR count). The standard InChI is InChI=1S/C20H20Cl2N4O4/c21-14-6-7-17(16(22)12-14)30-10-2-5-18(27)24-25-19(28)13-3-1-4-15(11-13)26-9-8-23-20(26)29/h1,3-4,6-7,11-12H,2,5,8-10H2,(H,23,29)(H,24,27)(H,25,28). The van der Waals surface area contributed by atoms with E-state index in [2.05, 4.69) is 16.2 Å². The summed E-state index contributed by atoms with van der Waals surface area (Å²) in [5, 5.41) is 3.61. The normalized spacial score (nSPS) is 13.0. The van der Waals surface area contributed by atoms with Gasteiger partial charge < -0.3 is 10.1 Å². The number of hydrazine groups is 1. The Kier molecular flexibility index (Phi) is 7.37. The molecule has 0 aliphatic carbocycles. The molecule has 3 N–H and O–H groups in total. The number of carbonyl (C=O) groups is 3. The summed E-state index contributed by atoms with van der Waals surface area (Å²) in [7, 11) is 0. The van der Waals surface area contributed by atoms with Crippen molar-refractivity contribution in [3.8, 4) is 5.75 Å². The Morgan fingerprint density at radius 1 is 1.13 bits per heavy atom. The minimum Gasteiger partial charge on any atom is -0.492 e. The second kappa shape index (κ2) is 10.2. The highest BCUT2D eigenvalue weighted by Crippen LogP contribution is 2.27. The van der Waals surface area contributed by atoms with Crippen molar-refractivity contribution in [2.75, 3.05) is 24.6 Å². The van der Waals surface area contributed by atoms with Crippen molar-refractivity contribution < 1.29 is 19.1 Å². The molecule has 0 saturated carbocycles. The van der Waals surface area contributed by atoms with Gasteiger partial charge in [0.25, 0.3) is 5.91 Å². The fourth-order valence-electron chi connectivity index (χ4n) is 2.80. The van der Waals surface area contributed by atoms with Gasteiger partial charge >= 0.3 is 6.03 Å². The Balaban J connectivity index is 1.41. The van der Waals surface area contributed by atoms with Gasteiger partial charge in [0.1, 0.15) is 5.75 Å². The van der Waals surface area contributed by atoms with Crippen LogP contribution in [-0.4, -0.2) is 37.5 Å². The first-order valence-corrected chi connectivity index (χ1v) is 10.0. The Morgan fingerprint density at radius 3 is 2.70 bits per heavy atom. The van der Waals surface area contributed by atoms with Gasteiger partial charge in [-0.25, -0.2) is 4.79 Å². The average molecular weight is 451 g/mol. The molecule has 10 heteroatoms. The van der Waals surface area contributed by atoms with Crippen LogP contribution in [0.1, 0.15) is 23.2 Å². The van der Waals surface area contributed by atoms with Gasteiger partial charge in [-0.05, 0) is 42.8 Å². The molecule has 0 radical (unpaired) electrons. The van der Waals surface area contributed by atoms with Crippen LogP contribution in [0.15, 0.2) is 42.5 Å². The number of amides is 4. The molecule has 0 unspecified atom stereocenters. The van der Waals surface area contributed by atoms with Crippen molar-refractivity contribution in [2.45, 2.75) is 12.8 Å². The monoisotopic (exact) mass is 450 g/mol. The molecule has 1 aliphatic heterocycles. The minimum atomic E-state index is -0.478. The molecule has 1 aliphatic rings. The highest BCUT2D eigenvalue weighted by Gasteiger charge is 2.21. The summed E-state index contributed by atoms with van der Waals surface area (Å²) in [5.41, 5.74) is 5.67. The lowest BCUT2D eigenvalue weighted by atomic mass is 10.2. The molecule has 0 spiro atoms. The molecule has 1 heterocycles. The summed E-state index contributed by atoms with van der Waals surface area (Å²) in [6, 6.07) is 11.3. The van der Waals surface area contributed by atoms with Crippen LogP contribution >= 0.6 is 23.2 Å². The van der Waals surface area contributed by atoms with Crippen LogP contribution in [0.3, 0.4) is 0 Å². The van der Waals surface area contributed by atoms with E-state index in [0.29, 0.717) is 46.6 Å². The number of benzene rings is 2. The summed E-state index contributed by atoms with van der Waals surface area (Å²) in [6.07, 6.45) is 0.583. The van der Waals surface area contributed by atoms with Crippen molar-refractivity contribution in [3.63, 3.8) is 0 Å². The average Bonchev–Trinajstić information content (AvgIpc) is 3.16. The first-order chi connectivity index (χ1) is 14.4. The van der Waals surface area contributed by atoms with E-state index < -0.39 is 5.91 Å². The van der Waals surface area contributed by atoms with Gasteiger partial charge in [0.05, 0.1) is 11.6 Å². The van der Waals surface area contributed by atoms with Crippen LogP contribution in [0, 0.1) is 0 Å². The molecule has 2 aromatic rings. The number of hydrogen-bond donors (Lipinski definition) is 3. The van der Waals surface area contributed by atoms with E-state index in [4.69, 9.17) is 27.9 Å². The van der Waals surface area contributed by atoms with Gasteiger partial charge in [-0.1, -0.05) is 29.3 Å². The number of hydrogen-bond acceptors (Lipinski definition) is 4. The summed E-state index contributed by atoms with van der Waals surface area (Å²) < 4.78 is 5.51. The van der Waals surface area contributed by atoms with Gasteiger partial charge in [-0.2, -0.15) is 0 Å². The number of anilines is 1. The van der Waals surface area contributed by atoms with Crippen molar-refractivity contribution in [1.29, 1.82) is 0 Å². The van der Waals surface area contributed by atoms with Crippen LogP contribution in [0.4, 0.5) is 10.5 Å². The maximum atomic E-state index is 12.3. The van der Waals surface area contributed by atoms with E-state index >= 15 is 0 Å². The van der Waals surface area contributed by atoms with E-state index in [1.54, 1.807) is 47.4 Å². The number of urea groups is 1. The molecule has 30 heavy (non-hydrogen) atoms. The summed E-state index contributed by atoms with van der Waals surface area (Å²) in [6.45, 7) is 1.37. The number of rotatable bonds is 7. The van der Waals surface area contributed by atoms with Crippen LogP contribution in [0.2, 0.25) is 10.0 Å². The largest absolute Gasteiger partial charge is 0.492 e. The van der Waals surface area contributed by atoms with Crippen molar-refractivity contribution in [1.82, 2.24) is 16.2 Å². The number of nitrogens with one attached hydrogen (secondary N) is 3.